The Labute approximate surface area is 123 Å². The van der Waals surface area contributed by atoms with Crippen LogP contribution in [0.4, 0.5) is 0 Å². The lowest BCUT2D eigenvalue weighted by Crippen LogP contribution is -2.17. The molecular weight excluding hydrogens is 240 g/mol. The summed E-state index contributed by atoms with van der Waals surface area (Å²) in [5.41, 5.74) is 5.82. The first-order valence-corrected chi connectivity index (χ1v) is 7.40. The van der Waals surface area contributed by atoms with Gasteiger partial charge in [-0.1, -0.05) is 90.1 Å². The van der Waals surface area contributed by atoms with Crippen molar-refractivity contribution >= 4 is 0 Å². The SMILES string of the molecule is CC(C)(C)c1ccc(-c2ccccc2)c(C(C)(C)C)c1. The maximum absolute atomic E-state index is 2.39. The fourth-order valence-electron chi connectivity index (χ4n) is 2.50. The average molecular weight is 266 g/mol. The molecule has 2 aromatic carbocycles. The van der Waals surface area contributed by atoms with E-state index >= 15 is 0 Å². The van der Waals surface area contributed by atoms with E-state index in [9.17, 15) is 0 Å². The molecule has 0 heterocycles. The van der Waals surface area contributed by atoms with Crippen LogP contribution in [0.5, 0.6) is 0 Å². The molecular formula is C20H26. The third-order valence-corrected chi connectivity index (χ3v) is 3.78. The van der Waals surface area contributed by atoms with E-state index in [0.717, 1.165) is 0 Å². The summed E-state index contributed by atoms with van der Waals surface area (Å²) in [5, 5.41) is 0. The van der Waals surface area contributed by atoms with Crippen molar-refractivity contribution in [2.75, 3.05) is 0 Å². The minimum Gasteiger partial charge on any atom is -0.0622 e. The van der Waals surface area contributed by atoms with Crippen LogP contribution in [0.2, 0.25) is 0 Å². The molecule has 0 aromatic heterocycles. The summed E-state index contributed by atoms with van der Waals surface area (Å²) in [7, 11) is 0. The van der Waals surface area contributed by atoms with Gasteiger partial charge in [-0.25, -0.2) is 0 Å². The monoisotopic (exact) mass is 266 g/mol. The molecule has 0 nitrogen and oxygen atoms in total. The van der Waals surface area contributed by atoms with Crippen molar-refractivity contribution in [3.05, 3.63) is 59.7 Å². The topological polar surface area (TPSA) is 0 Å². The zero-order chi connectivity index (χ0) is 15.0. The van der Waals surface area contributed by atoms with Gasteiger partial charge in [-0.2, -0.15) is 0 Å². The molecule has 0 atom stereocenters. The molecule has 0 heteroatoms. The lowest BCUT2D eigenvalue weighted by molar-refractivity contribution is 0.570. The van der Waals surface area contributed by atoms with Gasteiger partial charge >= 0.3 is 0 Å². The minimum atomic E-state index is 0.145. The van der Waals surface area contributed by atoms with Crippen LogP contribution in [-0.2, 0) is 10.8 Å². The van der Waals surface area contributed by atoms with Crippen molar-refractivity contribution in [3.63, 3.8) is 0 Å². The third-order valence-electron chi connectivity index (χ3n) is 3.78. The van der Waals surface area contributed by atoms with Crippen LogP contribution in [0.25, 0.3) is 11.1 Å². The van der Waals surface area contributed by atoms with Crippen molar-refractivity contribution in [3.8, 4) is 11.1 Å². The van der Waals surface area contributed by atoms with Gasteiger partial charge in [0.25, 0.3) is 0 Å². The van der Waals surface area contributed by atoms with Gasteiger partial charge in [0.15, 0.2) is 0 Å². The Morgan fingerprint density at radius 2 is 1.25 bits per heavy atom. The predicted molar refractivity (Wildman–Crippen MR) is 89.3 cm³/mol. The van der Waals surface area contributed by atoms with Gasteiger partial charge in [0.1, 0.15) is 0 Å². The fourth-order valence-corrected chi connectivity index (χ4v) is 2.50. The lowest BCUT2D eigenvalue weighted by Gasteiger charge is -2.27. The Kier molecular flexibility index (Phi) is 3.77. The quantitative estimate of drug-likeness (QED) is 0.598. The van der Waals surface area contributed by atoms with E-state index in [-0.39, 0.29) is 10.8 Å². The van der Waals surface area contributed by atoms with Crippen molar-refractivity contribution < 1.29 is 0 Å². The van der Waals surface area contributed by atoms with Crippen LogP contribution in [-0.4, -0.2) is 0 Å². The van der Waals surface area contributed by atoms with Crippen molar-refractivity contribution in [2.24, 2.45) is 0 Å². The van der Waals surface area contributed by atoms with Crippen LogP contribution in [0, 0.1) is 0 Å². The molecule has 0 spiro atoms. The molecule has 0 N–H and O–H groups in total. The van der Waals surface area contributed by atoms with E-state index in [1.165, 1.54) is 22.3 Å². The summed E-state index contributed by atoms with van der Waals surface area (Å²) < 4.78 is 0. The molecule has 106 valence electrons. The van der Waals surface area contributed by atoms with Gasteiger partial charge in [0, 0.05) is 0 Å². The van der Waals surface area contributed by atoms with E-state index < -0.39 is 0 Å². The molecule has 2 aromatic rings. The average Bonchev–Trinajstić information content (AvgIpc) is 2.37. The molecule has 2 rings (SSSR count). The summed E-state index contributed by atoms with van der Waals surface area (Å²) >= 11 is 0. The van der Waals surface area contributed by atoms with Gasteiger partial charge in [0.2, 0.25) is 0 Å². The molecule has 0 fully saturated rings. The first kappa shape index (κ1) is 14.8. The smallest absolute Gasteiger partial charge is 0.0126 e. The van der Waals surface area contributed by atoms with Crippen LogP contribution in [0.15, 0.2) is 48.5 Å². The molecule has 20 heavy (non-hydrogen) atoms. The van der Waals surface area contributed by atoms with Crippen LogP contribution in [0.3, 0.4) is 0 Å². The first-order valence-electron chi connectivity index (χ1n) is 7.40. The molecule has 0 bridgehead atoms. The maximum atomic E-state index is 2.39. The highest BCUT2D eigenvalue weighted by Gasteiger charge is 2.22. The van der Waals surface area contributed by atoms with Crippen molar-refractivity contribution in [1.29, 1.82) is 0 Å². The standard InChI is InChI=1S/C20H26/c1-19(2,3)16-12-13-17(15-10-8-7-9-11-15)18(14-16)20(4,5)6/h7-14H,1-6H3. The number of rotatable bonds is 1. The highest BCUT2D eigenvalue weighted by atomic mass is 14.3. The molecule has 0 amide bonds. The number of hydrogen-bond donors (Lipinski definition) is 0. The zero-order valence-electron chi connectivity index (χ0n) is 13.6. The summed E-state index contributed by atoms with van der Waals surface area (Å²) in [6.45, 7) is 13.7. The molecule has 0 unspecified atom stereocenters. The van der Waals surface area contributed by atoms with Gasteiger partial charge < -0.3 is 0 Å². The molecule has 0 saturated carbocycles. The van der Waals surface area contributed by atoms with E-state index in [0.29, 0.717) is 0 Å². The highest BCUT2D eigenvalue weighted by molar-refractivity contribution is 5.69. The maximum Gasteiger partial charge on any atom is -0.0126 e. The van der Waals surface area contributed by atoms with Crippen LogP contribution in [0.1, 0.15) is 52.7 Å². The Morgan fingerprint density at radius 1 is 0.650 bits per heavy atom. The van der Waals surface area contributed by atoms with Gasteiger partial charge in [-0.15, -0.1) is 0 Å². The summed E-state index contributed by atoms with van der Waals surface area (Å²) in [4.78, 5) is 0. The molecule has 0 radical (unpaired) electrons. The number of hydrogen-bond acceptors (Lipinski definition) is 0. The van der Waals surface area contributed by atoms with E-state index in [4.69, 9.17) is 0 Å². The molecule has 0 saturated heterocycles. The second kappa shape index (κ2) is 5.09. The summed E-state index contributed by atoms with van der Waals surface area (Å²) in [6, 6.07) is 17.6. The van der Waals surface area contributed by atoms with E-state index in [1.54, 1.807) is 0 Å². The summed E-state index contributed by atoms with van der Waals surface area (Å²) in [6.07, 6.45) is 0. The van der Waals surface area contributed by atoms with E-state index in [1.807, 2.05) is 0 Å². The molecule has 0 aliphatic rings. The Hall–Kier alpha value is -1.56. The lowest BCUT2D eigenvalue weighted by atomic mass is 9.77. The normalized spacial score (nSPS) is 12.5. The second-order valence-electron chi connectivity index (χ2n) is 7.63. The molecule has 0 aliphatic carbocycles. The Balaban J connectivity index is 2.65. The summed E-state index contributed by atoms with van der Waals surface area (Å²) in [5.74, 6) is 0. The first-order chi connectivity index (χ1) is 9.19. The fraction of sp³-hybridized carbons (Fsp3) is 0.400. The largest absolute Gasteiger partial charge is 0.0622 e. The van der Waals surface area contributed by atoms with Crippen molar-refractivity contribution in [2.45, 2.75) is 52.4 Å². The number of benzene rings is 2. The van der Waals surface area contributed by atoms with Gasteiger partial charge in [-0.3, -0.25) is 0 Å². The Morgan fingerprint density at radius 3 is 1.75 bits per heavy atom. The van der Waals surface area contributed by atoms with Crippen molar-refractivity contribution in [1.82, 2.24) is 0 Å². The molecule has 0 aliphatic heterocycles. The Bertz CT molecular complexity index is 578. The third kappa shape index (κ3) is 3.12. The highest BCUT2D eigenvalue weighted by Crippen LogP contribution is 2.36. The van der Waals surface area contributed by atoms with Gasteiger partial charge in [0.05, 0.1) is 0 Å². The van der Waals surface area contributed by atoms with E-state index in [2.05, 4.69) is 90.1 Å². The zero-order valence-corrected chi connectivity index (χ0v) is 13.6. The van der Waals surface area contributed by atoms with Crippen LogP contribution >= 0.6 is 0 Å². The predicted octanol–water partition coefficient (Wildman–Crippen LogP) is 5.95. The second-order valence-corrected chi connectivity index (χ2v) is 7.63. The van der Waals surface area contributed by atoms with Crippen LogP contribution < -0.4 is 0 Å². The minimum absolute atomic E-state index is 0.145. The van der Waals surface area contributed by atoms with Gasteiger partial charge in [-0.05, 0) is 33.1 Å².